The molecule has 28 heavy (non-hydrogen) atoms. The fourth-order valence-corrected chi connectivity index (χ4v) is 2.66. The summed E-state index contributed by atoms with van der Waals surface area (Å²) in [6.45, 7) is 1.49. The molecule has 0 spiro atoms. The van der Waals surface area contributed by atoms with E-state index in [1.165, 1.54) is 7.11 Å². The van der Waals surface area contributed by atoms with Crippen molar-refractivity contribution in [1.82, 2.24) is 5.32 Å². The van der Waals surface area contributed by atoms with E-state index in [1.54, 1.807) is 55.5 Å². The molecule has 0 saturated carbocycles. The Balaban J connectivity index is 1.98. The van der Waals surface area contributed by atoms with E-state index in [4.69, 9.17) is 14.7 Å². The SMILES string of the molecule is COc1ccccc1CC(CNC(=O)C(C)Oc1ccccc1C#N)C(=O)O. The van der Waals surface area contributed by atoms with Gasteiger partial charge in [0.1, 0.15) is 17.6 Å². The van der Waals surface area contributed by atoms with Crippen molar-refractivity contribution in [3.8, 4) is 17.6 Å². The van der Waals surface area contributed by atoms with Gasteiger partial charge in [-0.25, -0.2) is 0 Å². The van der Waals surface area contributed by atoms with Crippen LogP contribution in [0.1, 0.15) is 18.1 Å². The van der Waals surface area contributed by atoms with Gasteiger partial charge >= 0.3 is 5.97 Å². The monoisotopic (exact) mass is 382 g/mol. The number of ether oxygens (including phenoxy) is 2. The minimum atomic E-state index is -1.02. The summed E-state index contributed by atoms with van der Waals surface area (Å²) in [6, 6.07) is 15.8. The zero-order valence-corrected chi connectivity index (χ0v) is 15.7. The van der Waals surface area contributed by atoms with Crippen LogP contribution < -0.4 is 14.8 Å². The van der Waals surface area contributed by atoms with Crippen LogP contribution in [0, 0.1) is 17.2 Å². The van der Waals surface area contributed by atoms with Crippen molar-refractivity contribution >= 4 is 11.9 Å². The van der Waals surface area contributed by atoms with Crippen molar-refractivity contribution in [2.45, 2.75) is 19.4 Å². The Morgan fingerprint density at radius 1 is 1.14 bits per heavy atom. The molecule has 0 heterocycles. The topological polar surface area (TPSA) is 109 Å². The van der Waals surface area contributed by atoms with Gasteiger partial charge in [-0.3, -0.25) is 9.59 Å². The number of carboxylic acid groups (broad SMARTS) is 1. The number of carbonyl (C=O) groups excluding carboxylic acids is 1. The number of amides is 1. The molecule has 2 unspecified atom stereocenters. The van der Waals surface area contributed by atoms with E-state index in [9.17, 15) is 14.7 Å². The lowest BCUT2D eigenvalue weighted by Gasteiger charge is -2.18. The molecule has 2 aromatic rings. The average molecular weight is 382 g/mol. The highest BCUT2D eigenvalue weighted by atomic mass is 16.5. The second kappa shape index (κ2) is 9.97. The van der Waals surface area contributed by atoms with Crippen LogP contribution in [0.4, 0.5) is 0 Å². The second-order valence-corrected chi connectivity index (χ2v) is 6.16. The largest absolute Gasteiger partial charge is 0.496 e. The van der Waals surface area contributed by atoms with Gasteiger partial charge in [0.2, 0.25) is 0 Å². The summed E-state index contributed by atoms with van der Waals surface area (Å²) in [5.74, 6) is -1.39. The molecule has 7 nitrogen and oxygen atoms in total. The number of carbonyl (C=O) groups is 2. The maximum absolute atomic E-state index is 12.3. The van der Waals surface area contributed by atoms with E-state index in [0.717, 1.165) is 5.56 Å². The van der Waals surface area contributed by atoms with E-state index >= 15 is 0 Å². The lowest BCUT2D eigenvalue weighted by molar-refractivity contribution is -0.141. The van der Waals surface area contributed by atoms with E-state index in [0.29, 0.717) is 17.1 Å². The number of nitrogens with one attached hydrogen (secondary N) is 1. The van der Waals surface area contributed by atoms with Crippen molar-refractivity contribution < 1.29 is 24.2 Å². The number of nitrogens with zero attached hydrogens (tertiary/aromatic N) is 1. The number of hydrogen-bond donors (Lipinski definition) is 2. The van der Waals surface area contributed by atoms with Gasteiger partial charge in [-0.05, 0) is 37.1 Å². The first-order chi connectivity index (χ1) is 13.5. The molecular weight excluding hydrogens is 360 g/mol. The van der Waals surface area contributed by atoms with Gasteiger partial charge in [0, 0.05) is 6.54 Å². The minimum Gasteiger partial charge on any atom is -0.496 e. The summed E-state index contributed by atoms with van der Waals surface area (Å²) in [4.78, 5) is 23.9. The summed E-state index contributed by atoms with van der Waals surface area (Å²) < 4.78 is 10.8. The van der Waals surface area contributed by atoms with Gasteiger partial charge < -0.3 is 19.9 Å². The van der Waals surface area contributed by atoms with Crippen LogP contribution in [0.2, 0.25) is 0 Å². The van der Waals surface area contributed by atoms with Crippen molar-refractivity contribution in [1.29, 1.82) is 5.26 Å². The molecule has 0 bridgehead atoms. The third-order valence-electron chi connectivity index (χ3n) is 4.21. The molecule has 0 aromatic heterocycles. The average Bonchev–Trinajstić information content (AvgIpc) is 2.71. The van der Waals surface area contributed by atoms with Crippen LogP contribution in [0.5, 0.6) is 11.5 Å². The summed E-state index contributed by atoms with van der Waals surface area (Å²) in [5.41, 5.74) is 1.07. The van der Waals surface area contributed by atoms with E-state index in [-0.39, 0.29) is 13.0 Å². The predicted molar refractivity (Wildman–Crippen MR) is 102 cm³/mol. The summed E-state index contributed by atoms with van der Waals surface area (Å²) in [6.07, 6.45) is -0.665. The molecule has 146 valence electrons. The third-order valence-corrected chi connectivity index (χ3v) is 4.21. The Labute approximate surface area is 163 Å². The predicted octanol–water partition coefficient (Wildman–Crippen LogP) is 2.39. The van der Waals surface area contributed by atoms with Crippen molar-refractivity contribution in [3.05, 3.63) is 59.7 Å². The number of carboxylic acids is 1. The zero-order chi connectivity index (χ0) is 20.5. The van der Waals surface area contributed by atoms with Crippen LogP contribution in [0.15, 0.2) is 48.5 Å². The molecule has 7 heteroatoms. The summed E-state index contributed by atoms with van der Waals surface area (Å²) >= 11 is 0. The van der Waals surface area contributed by atoms with E-state index in [2.05, 4.69) is 5.32 Å². The number of aliphatic carboxylic acids is 1. The van der Waals surface area contributed by atoms with Gasteiger partial charge in [0.15, 0.2) is 6.10 Å². The number of rotatable bonds is 9. The molecule has 0 aliphatic rings. The second-order valence-electron chi connectivity index (χ2n) is 6.16. The maximum Gasteiger partial charge on any atom is 0.308 e. The van der Waals surface area contributed by atoms with Crippen LogP contribution in [-0.4, -0.2) is 36.7 Å². The van der Waals surface area contributed by atoms with Crippen LogP contribution in [0.25, 0.3) is 0 Å². The van der Waals surface area contributed by atoms with Gasteiger partial charge in [-0.15, -0.1) is 0 Å². The summed E-state index contributed by atoms with van der Waals surface area (Å²) in [5, 5.41) is 21.2. The highest BCUT2D eigenvalue weighted by Gasteiger charge is 2.23. The van der Waals surface area contributed by atoms with Crippen molar-refractivity contribution in [3.63, 3.8) is 0 Å². The lowest BCUT2D eigenvalue weighted by Crippen LogP contribution is -2.41. The molecular formula is C21H22N2O5. The number of nitriles is 1. The quantitative estimate of drug-likeness (QED) is 0.689. The zero-order valence-electron chi connectivity index (χ0n) is 15.7. The molecule has 0 aliphatic carbocycles. The van der Waals surface area contributed by atoms with Crippen molar-refractivity contribution in [2.24, 2.45) is 5.92 Å². The normalized spacial score (nSPS) is 12.3. The standard InChI is InChI=1S/C21H22N2O5/c1-14(28-19-10-6-4-8-16(19)12-22)20(24)23-13-17(21(25)26)11-15-7-3-5-9-18(15)27-2/h3-10,14,17H,11,13H2,1-2H3,(H,23,24)(H,25,26). The van der Waals surface area contributed by atoms with Gasteiger partial charge in [-0.2, -0.15) is 5.26 Å². The van der Waals surface area contributed by atoms with Crippen molar-refractivity contribution in [2.75, 3.05) is 13.7 Å². The Hall–Kier alpha value is -3.53. The van der Waals surface area contributed by atoms with Gasteiger partial charge in [-0.1, -0.05) is 30.3 Å². The van der Waals surface area contributed by atoms with Gasteiger partial charge in [0.05, 0.1) is 18.6 Å². The molecule has 0 fully saturated rings. The van der Waals surface area contributed by atoms with Crippen LogP contribution in [-0.2, 0) is 16.0 Å². The Bertz CT molecular complexity index is 875. The molecule has 2 N–H and O–H groups in total. The fourth-order valence-electron chi connectivity index (χ4n) is 2.66. The minimum absolute atomic E-state index is 0.0557. The third kappa shape index (κ3) is 5.48. The van der Waals surface area contributed by atoms with Crippen LogP contribution in [0.3, 0.4) is 0 Å². The molecule has 0 radical (unpaired) electrons. The first-order valence-corrected chi connectivity index (χ1v) is 8.74. The molecule has 2 rings (SSSR count). The Kier molecular flexibility index (Phi) is 7.40. The Morgan fingerprint density at radius 2 is 1.79 bits per heavy atom. The molecule has 0 saturated heterocycles. The van der Waals surface area contributed by atoms with E-state index < -0.39 is 23.9 Å². The van der Waals surface area contributed by atoms with Crippen LogP contribution >= 0.6 is 0 Å². The van der Waals surface area contributed by atoms with Gasteiger partial charge in [0.25, 0.3) is 5.91 Å². The molecule has 1 amide bonds. The first-order valence-electron chi connectivity index (χ1n) is 8.74. The first kappa shape index (κ1) is 20.8. The summed E-state index contributed by atoms with van der Waals surface area (Å²) in [7, 11) is 1.52. The highest BCUT2D eigenvalue weighted by Crippen LogP contribution is 2.21. The maximum atomic E-state index is 12.3. The Morgan fingerprint density at radius 3 is 2.43 bits per heavy atom. The number of benzene rings is 2. The molecule has 0 aliphatic heterocycles. The number of hydrogen-bond acceptors (Lipinski definition) is 5. The molecule has 2 aromatic carbocycles. The van der Waals surface area contributed by atoms with E-state index in [1.807, 2.05) is 6.07 Å². The number of methoxy groups -OCH3 is 1. The lowest BCUT2D eigenvalue weighted by atomic mass is 9.98. The highest BCUT2D eigenvalue weighted by molar-refractivity contribution is 5.81. The molecule has 2 atom stereocenters. The number of para-hydroxylation sites is 2. The fraction of sp³-hybridized carbons (Fsp3) is 0.286. The smallest absolute Gasteiger partial charge is 0.308 e.